The third kappa shape index (κ3) is 3.49. The molecule has 0 radical (unpaired) electrons. The van der Waals surface area contributed by atoms with Crippen molar-refractivity contribution < 1.29 is 0 Å². The zero-order valence-electron chi connectivity index (χ0n) is 6.55. The van der Waals surface area contributed by atoms with Gasteiger partial charge in [0, 0.05) is 0 Å². The predicted octanol–water partition coefficient (Wildman–Crippen LogP) is 3.45. The fourth-order valence-electron chi connectivity index (χ4n) is 1.23. The lowest BCUT2D eigenvalue weighted by Crippen LogP contribution is -1.77. The van der Waals surface area contributed by atoms with Crippen LogP contribution in [0.1, 0.15) is 38.5 Å². The van der Waals surface area contributed by atoms with Gasteiger partial charge in [-0.25, -0.2) is 0 Å². The van der Waals surface area contributed by atoms with Crippen LogP contribution < -0.4 is 0 Å². The normalized spacial score (nSPS) is 27.2. The molecular weight excluding hydrogens is 120 g/mol. The van der Waals surface area contributed by atoms with Crippen molar-refractivity contribution in [2.75, 3.05) is 0 Å². The van der Waals surface area contributed by atoms with Gasteiger partial charge in [0.1, 0.15) is 0 Å². The van der Waals surface area contributed by atoms with Crippen LogP contribution in [0.4, 0.5) is 0 Å². The summed E-state index contributed by atoms with van der Waals surface area (Å²) < 4.78 is 0. The lowest BCUT2D eigenvalue weighted by atomic mass is 10.1. The molecule has 0 saturated carbocycles. The first-order valence-corrected chi connectivity index (χ1v) is 4.32. The maximum Gasteiger partial charge on any atom is -0.0348 e. The summed E-state index contributed by atoms with van der Waals surface area (Å²) in [7, 11) is 0. The van der Waals surface area contributed by atoms with Crippen molar-refractivity contribution >= 4 is 0 Å². The van der Waals surface area contributed by atoms with Crippen molar-refractivity contribution in [1.82, 2.24) is 0 Å². The predicted molar refractivity (Wildman–Crippen MR) is 46.0 cm³/mol. The minimum Gasteiger partial charge on any atom is -0.0845 e. The van der Waals surface area contributed by atoms with Gasteiger partial charge in [-0.15, -0.1) is 0 Å². The van der Waals surface area contributed by atoms with Crippen molar-refractivity contribution in [2.24, 2.45) is 0 Å². The molecule has 0 spiro atoms. The lowest BCUT2D eigenvalue weighted by Gasteiger charge is -1.97. The summed E-state index contributed by atoms with van der Waals surface area (Å²) in [4.78, 5) is 0. The maximum absolute atomic E-state index is 2.27. The highest BCUT2D eigenvalue weighted by atomic mass is 13.9. The first-order chi connectivity index (χ1) is 5.00. The largest absolute Gasteiger partial charge is 0.0845 e. The average Bonchev–Trinajstić information content (AvgIpc) is 2.01. The Bertz CT molecular complexity index is 104. The van der Waals surface area contributed by atoms with E-state index < -0.39 is 0 Å². The third-order valence-corrected chi connectivity index (χ3v) is 1.87. The minimum absolute atomic E-state index is 1.27. The monoisotopic (exact) mass is 136 g/mol. The molecule has 1 aliphatic rings. The molecule has 0 aromatic heterocycles. The fourth-order valence-corrected chi connectivity index (χ4v) is 1.23. The molecule has 0 bridgehead atoms. The molecular formula is C10H16. The van der Waals surface area contributed by atoms with E-state index in [2.05, 4.69) is 24.3 Å². The molecule has 0 saturated heterocycles. The summed E-state index contributed by atoms with van der Waals surface area (Å²) in [5.74, 6) is 0. The number of hydrogen-bond acceptors (Lipinski definition) is 0. The van der Waals surface area contributed by atoms with Crippen LogP contribution in [0.3, 0.4) is 0 Å². The van der Waals surface area contributed by atoms with Crippen LogP contribution in [0.25, 0.3) is 0 Å². The maximum atomic E-state index is 2.27. The highest BCUT2D eigenvalue weighted by molar-refractivity contribution is 5.02. The van der Waals surface area contributed by atoms with Crippen LogP contribution in [0, 0.1) is 0 Å². The highest BCUT2D eigenvalue weighted by Gasteiger charge is 1.88. The van der Waals surface area contributed by atoms with E-state index in [1.54, 1.807) is 0 Å². The topological polar surface area (TPSA) is 0 Å². The van der Waals surface area contributed by atoms with E-state index in [1.807, 2.05) is 0 Å². The first-order valence-electron chi connectivity index (χ1n) is 4.32. The first kappa shape index (κ1) is 7.59. The van der Waals surface area contributed by atoms with Gasteiger partial charge >= 0.3 is 0 Å². The van der Waals surface area contributed by atoms with E-state index in [0.717, 1.165) is 0 Å². The molecule has 0 amide bonds. The molecule has 0 atom stereocenters. The van der Waals surface area contributed by atoms with Gasteiger partial charge in [0.15, 0.2) is 0 Å². The molecule has 0 aliphatic heterocycles. The van der Waals surface area contributed by atoms with Crippen LogP contribution in [0.5, 0.6) is 0 Å². The van der Waals surface area contributed by atoms with Crippen LogP contribution in [0.2, 0.25) is 0 Å². The van der Waals surface area contributed by atoms with E-state index in [0.29, 0.717) is 0 Å². The van der Waals surface area contributed by atoms with Gasteiger partial charge in [-0.05, 0) is 25.7 Å². The Morgan fingerprint density at radius 2 is 1.10 bits per heavy atom. The second kappa shape index (κ2) is 5.28. The van der Waals surface area contributed by atoms with E-state index in [-0.39, 0.29) is 0 Å². The van der Waals surface area contributed by atoms with Crippen LogP contribution in [-0.4, -0.2) is 0 Å². The van der Waals surface area contributed by atoms with Gasteiger partial charge in [-0.3, -0.25) is 0 Å². The molecule has 0 unspecified atom stereocenters. The Kier molecular flexibility index (Phi) is 4.00. The molecule has 1 rings (SSSR count). The van der Waals surface area contributed by atoms with E-state index >= 15 is 0 Å². The molecule has 0 aromatic carbocycles. The summed E-state index contributed by atoms with van der Waals surface area (Å²) in [6.45, 7) is 0. The standard InChI is InChI=1S/C10H16/c1-2-4-6-8-10-9-7-5-3-1/h1-4H,5-10H2/b3-1+,4-2+. The fraction of sp³-hybridized carbons (Fsp3) is 0.600. The Balaban J connectivity index is 2.26. The van der Waals surface area contributed by atoms with Gasteiger partial charge in [0.05, 0.1) is 0 Å². The SMILES string of the molecule is C1=C/CCCCCC/C=C/1. The Labute approximate surface area is 63.6 Å². The Hall–Kier alpha value is -0.520. The molecule has 0 fully saturated rings. The van der Waals surface area contributed by atoms with Crippen molar-refractivity contribution in [3.63, 3.8) is 0 Å². The molecule has 0 nitrogen and oxygen atoms in total. The van der Waals surface area contributed by atoms with Crippen LogP contribution in [-0.2, 0) is 0 Å². The van der Waals surface area contributed by atoms with Crippen molar-refractivity contribution in [3.8, 4) is 0 Å². The van der Waals surface area contributed by atoms with Crippen molar-refractivity contribution in [3.05, 3.63) is 24.3 Å². The third-order valence-electron chi connectivity index (χ3n) is 1.87. The van der Waals surface area contributed by atoms with Crippen LogP contribution in [0.15, 0.2) is 24.3 Å². The Morgan fingerprint density at radius 3 is 1.60 bits per heavy atom. The second-order valence-corrected chi connectivity index (χ2v) is 2.85. The molecule has 0 heteroatoms. The van der Waals surface area contributed by atoms with Gasteiger partial charge in [-0.2, -0.15) is 0 Å². The molecule has 0 heterocycles. The van der Waals surface area contributed by atoms with Gasteiger partial charge in [0.25, 0.3) is 0 Å². The lowest BCUT2D eigenvalue weighted by molar-refractivity contribution is 0.651. The summed E-state index contributed by atoms with van der Waals surface area (Å²) in [5.41, 5.74) is 0. The van der Waals surface area contributed by atoms with E-state index in [9.17, 15) is 0 Å². The quantitative estimate of drug-likeness (QED) is 0.478. The summed E-state index contributed by atoms with van der Waals surface area (Å²) in [5, 5.41) is 0. The summed E-state index contributed by atoms with van der Waals surface area (Å²) >= 11 is 0. The number of hydrogen-bond donors (Lipinski definition) is 0. The summed E-state index contributed by atoms with van der Waals surface area (Å²) in [6.07, 6.45) is 17.0. The molecule has 0 N–H and O–H groups in total. The zero-order valence-corrected chi connectivity index (χ0v) is 6.55. The summed E-state index contributed by atoms with van der Waals surface area (Å²) in [6, 6.07) is 0. The van der Waals surface area contributed by atoms with Crippen molar-refractivity contribution in [2.45, 2.75) is 38.5 Å². The van der Waals surface area contributed by atoms with Crippen LogP contribution >= 0.6 is 0 Å². The molecule has 56 valence electrons. The highest BCUT2D eigenvalue weighted by Crippen LogP contribution is 2.07. The van der Waals surface area contributed by atoms with E-state index in [4.69, 9.17) is 0 Å². The Morgan fingerprint density at radius 1 is 0.600 bits per heavy atom. The molecule has 10 heavy (non-hydrogen) atoms. The van der Waals surface area contributed by atoms with Crippen molar-refractivity contribution in [1.29, 1.82) is 0 Å². The molecule has 1 aliphatic carbocycles. The average molecular weight is 136 g/mol. The smallest absolute Gasteiger partial charge is 0.0348 e. The van der Waals surface area contributed by atoms with E-state index in [1.165, 1.54) is 38.5 Å². The number of allylic oxidation sites excluding steroid dienone is 4. The number of rotatable bonds is 0. The second-order valence-electron chi connectivity index (χ2n) is 2.85. The van der Waals surface area contributed by atoms with Gasteiger partial charge in [-0.1, -0.05) is 37.1 Å². The minimum atomic E-state index is 1.27. The van der Waals surface area contributed by atoms with Gasteiger partial charge in [0.2, 0.25) is 0 Å². The molecule has 0 aromatic rings. The zero-order chi connectivity index (χ0) is 7.07. The van der Waals surface area contributed by atoms with Gasteiger partial charge < -0.3 is 0 Å².